The van der Waals surface area contributed by atoms with Crippen molar-refractivity contribution in [3.8, 4) is 0 Å². The van der Waals surface area contributed by atoms with E-state index >= 15 is 0 Å². The third-order valence-electron chi connectivity index (χ3n) is 4.59. The largest absolute Gasteiger partial charge is 0.382 e. The molecule has 7 nitrogen and oxygen atoms in total. The van der Waals surface area contributed by atoms with Crippen LogP contribution in [0.25, 0.3) is 11.0 Å². The molecule has 0 atom stereocenters. The second kappa shape index (κ2) is 10.6. The Balaban J connectivity index is 1.59. The van der Waals surface area contributed by atoms with Crippen LogP contribution in [-0.4, -0.2) is 41.1 Å². The van der Waals surface area contributed by atoms with Crippen molar-refractivity contribution in [1.29, 1.82) is 0 Å². The first-order valence-electron chi connectivity index (χ1n) is 10.1. The third-order valence-corrected chi connectivity index (χ3v) is 4.59. The molecule has 9 heteroatoms. The van der Waals surface area contributed by atoms with E-state index < -0.39 is 17.5 Å². The molecule has 0 aliphatic heterocycles. The highest BCUT2D eigenvalue weighted by Gasteiger charge is 2.15. The van der Waals surface area contributed by atoms with Crippen LogP contribution >= 0.6 is 0 Å². The molecule has 0 saturated carbocycles. The minimum atomic E-state index is -0.956. The van der Waals surface area contributed by atoms with Gasteiger partial charge in [-0.25, -0.2) is 13.8 Å². The summed E-state index contributed by atoms with van der Waals surface area (Å²) in [4.78, 5) is 28.9. The summed E-state index contributed by atoms with van der Waals surface area (Å²) in [6.07, 6.45) is 0.729. The first kappa shape index (κ1) is 22.4. The van der Waals surface area contributed by atoms with Crippen molar-refractivity contribution in [2.24, 2.45) is 0 Å². The van der Waals surface area contributed by atoms with Gasteiger partial charge in [0.1, 0.15) is 11.6 Å². The molecule has 164 valence electrons. The molecule has 0 aliphatic rings. The zero-order valence-electron chi connectivity index (χ0n) is 17.2. The van der Waals surface area contributed by atoms with Crippen LogP contribution < -0.4 is 10.6 Å². The SMILES string of the molecule is CCOCCCn1c(NC(=O)CCNC(=O)c2ccc(F)cc2F)nc2ccccc21. The van der Waals surface area contributed by atoms with Gasteiger partial charge in [0.2, 0.25) is 11.9 Å². The van der Waals surface area contributed by atoms with Crippen LogP contribution in [0.4, 0.5) is 14.7 Å². The lowest BCUT2D eigenvalue weighted by atomic mass is 10.2. The zero-order chi connectivity index (χ0) is 22.2. The van der Waals surface area contributed by atoms with Gasteiger partial charge in [-0.15, -0.1) is 0 Å². The summed E-state index contributed by atoms with van der Waals surface area (Å²) in [5.41, 5.74) is 1.38. The molecule has 2 N–H and O–H groups in total. The Morgan fingerprint density at radius 2 is 1.97 bits per heavy atom. The molecule has 0 bridgehead atoms. The van der Waals surface area contributed by atoms with E-state index in [0.29, 0.717) is 31.8 Å². The van der Waals surface area contributed by atoms with Crippen molar-refractivity contribution in [3.05, 3.63) is 59.7 Å². The quantitative estimate of drug-likeness (QED) is 0.482. The van der Waals surface area contributed by atoms with E-state index in [2.05, 4.69) is 15.6 Å². The molecule has 2 amide bonds. The molecule has 3 aromatic rings. The molecule has 1 aromatic heterocycles. The van der Waals surface area contributed by atoms with Gasteiger partial charge in [-0.1, -0.05) is 12.1 Å². The number of aromatic nitrogens is 2. The van der Waals surface area contributed by atoms with Crippen molar-refractivity contribution in [2.75, 3.05) is 25.1 Å². The maximum atomic E-state index is 13.7. The van der Waals surface area contributed by atoms with E-state index in [9.17, 15) is 18.4 Å². The first-order chi connectivity index (χ1) is 15.0. The number of aryl methyl sites for hydroxylation is 1. The summed E-state index contributed by atoms with van der Waals surface area (Å²) < 4.78 is 33.9. The van der Waals surface area contributed by atoms with Gasteiger partial charge in [-0.2, -0.15) is 0 Å². The van der Waals surface area contributed by atoms with Gasteiger partial charge in [0, 0.05) is 38.8 Å². The minimum Gasteiger partial charge on any atom is -0.382 e. The van der Waals surface area contributed by atoms with Crippen LogP contribution in [-0.2, 0) is 16.1 Å². The molecule has 31 heavy (non-hydrogen) atoms. The van der Waals surface area contributed by atoms with Gasteiger partial charge in [0.15, 0.2) is 0 Å². The minimum absolute atomic E-state index is 0.00789. The number of carbonyl (C=O) groups excluding carboxylic acids is 2. The number of rotatable bonds is 10. The normalized spacial score (nSPS) is 10.9. The van der Waals surface area contributed by atoms with E-state index in [-0.39, 0.29) is 24.4 Å². The van der Waals surface area contributed by atoms with Gasteiger partial charge >= 0.3 is 0 Å². The maximum absolute atomic E-state index is 13.7. The second-order valence-electron chi connectivity index (χ2n) is 6.80. The topological polar surface area (TPSA) is 85.2 Å². The Morgan fingerprint density at radius 1 is 1.16 bits per heavy atom. The van der Waals surface area contributed by atoms with Crippen LogP contribution in [0.2, 0.25) is 0 Å². The number of para-hydroxylation sites is 2. The summed E-state index contributed by atoms with van der Waals surface area (Å²) in [6, 6.07) is 10.3. The highest BCUT2D eigenvalue weighted by molar-refractivity contribution is 5.95. The predicted molar refractivity (Wildman–Crippen MR) is 113 cm³/mol. The van der Waals surface area contributed by atoms with Crippen molar-refractivity contribution in [3.63, 3.8) is 0 Å². The second-order valence-corrected chi connectivity index (χ2v) is 6.80. The first-order valence-corrected chi connectivity index (χ1v) is 10.1. The lowest BCUT2D eigenvalue weighted by molar-refractivity contribution is -0.116. The molecule has 0 spiro atoms. The van der Waals surface area contributed by atoms with E-state index in [0.717, 1.165) is 29.6 Å². The number of halogens is 2. The molecular formula is C22H24F2N4O3. The highest BCUT2D eigenvalue weighted by Crippen LogP contribution is 2.20. The lowest BCUT2D eigenvalue weighted by Gasteiger charge is -2.11. The number of carbonyl (C=O) groups is 2. The fourth-order valence-corrected chi connectivity index (χ4v) is 3.11. The molecule has 0 radical (unpaired) electrons. The number of amides is 2. The lowest BCUT2D eigenvalue weighted by Crippen LogP contribution is -2.28. The number of ether oxygens (including phenoxy) is 1. The average Bonchev–Trinajstić information content (AvgIpc) is 3.08. The van der Waals surface area contributed by atoms with E-state index in [1.54, 1.807) is 0 Å². The Labute approximate surface area is 178 Å². The van der Waals surface area contributed by atoms with Crippen molar-refractivity contribution in [1.82, 2.24) is 14.9 Å². The summed E-state index contributed by atoms with van der Waals surface area (Å²) in [5.74, 6) is -2.37. The molecule has 3 rings (SSSR count). The Morgan fingerprint density at radius 3 is 2.74 bits per heavy atom. The average molecular weight is 430 g/mol. The van der Waals surface area contributed by atoms with Crippen LogP contribution in [0, 0.1) is 11.6 Å². The predicted octanol–water partition coefficient (Wildman–Crippen LogP) is 3.50. The molecule has 2 aromatic carbocycles. The number of hydrogen-bond acceptors (Lipinski definition) is 4. The number of anilines is 1. The van der Waals surface area contributed by atoms with Gasteiger partial charge < -0.3 is 14.6 Å². The number of nitrogens with zero attached hydrogens (tertiary/aromatic N) is 2. The van der Waals surface area contributed by atoms with Crippen molar-refractivity contribution < 1.29 is 23.1 Å². The van der Waals surface area contributed by atoms with Crippen molar-refractivity contribution in [2.45, 2.75) is 26.3 Å². The molecule has 0 saturated heterocycles. The van der Waals surface area contributed by atoms with Gasteiger partial charge in [-0.05, 0) is 37.6 Å². The van der Waals surface area contributed by atoms with Gasteiger partial charge in [-0.3, -0.25) is 14.9 Å². The Hall–Kier alpha value is -3.33. The van der Waals surface area contributed by atoms with Gasteiger partial charge in [0.05, 0.1) is 16.6 Å². The van der Waals surface area contributed by atoms with Crippen LogP contribution in [0.15, 0.2) is 42.5 Å². The molecule has 0 aliphatic carbocycles. The van der Waals surface area contributed by atoms with E-state index in [1.165, 1.54) is 0 Å². The van der Waals surface area contributed by atoms with E-state index in [4.69, 9.17) is 4.74 Å². The standard InChI is InChI=1S/C22H24F2N4O3/c1-2-31-13-5-12-28-19-7-4-3-6-18(19)26-22(28)27-20(29)10-11-25-21(30)16-9-8-15(23)14-17(16)24/h3-4,6-9,14H,2,5,10-13H2,1H3,(H,25,30)(H,26,27,29). The molecule has 0 unspecified atom stereocenters. The van der Waals surface area contributed by atoms with Crippen LogP contribution in [0.5, 0.6) is 0 Å². The van der Waals surface area contributed by atoms with Crippen LogP contribution in [0.1, 0.15) is 30.1 Å². The summed E-state index contributed by atoms with van der Waals surface area (Å²) in [6.45, 7) is 3.79. The highest BCUT2D eigenvalue weighted by atomic mass is 19.1. The Kier molecular flexibility index (Phi) is 7.66. The monoisotopic (exact) mass is 430 g/mol. The molecule has 1 heterocycles. The fraction of sp³-hybridized carbons (Fsp3) is 0.318. The van der Waals surface area contributed by atoms with Gasteiger partial charge in [0.25, 0.3) is 5.91 Å². The number of hydrogen-bond donors (Lipinski definition) is 2. The molecule has 0 fully saturated rings. The number of imidazole rings is 1. The fourth-order valence-electron chi connectivity index (χ4n) is 3.11. The number of nitrogens with one attached hydrogen (secondary N) is 2. The van der Waals surface area contributed by atoms with Crippen molar-refractivity contribution >= 4 is 28.8 Å². The third kappa shape index (κ3) is 5.85. The zero-order valence-corrected chi connectivity index (χ0v) is 17.2. The summed E-state index contributed by atoms with van der Waals surface area (Å²) in [5, 5.41) is 5.23. The summed E-state index contributed by atoms with van der Waals surface area (Å²) in [7, 11) is 0. The number of benzene rings is 2. The Bertz CT molecular complexity index is 1070. The smallest absolute Gasteiger partial charge is 0.254 e. The maximum Gasteiger partial charge on any atom is 0.254 e. The van der Waals surface area contributed by atoms with E-state index in [1.807, 2.05) is 35.8 Å². The molecular weight excluding hydrogens is 406 g/mol. The summed E-state index contributed by atoms with van der Waals surface area (Å²) >= 11 is 0. The van der Waals surface area contributed by atoms with Crippen LogP contribution in [0.3, 0.4) is 0 Å². The number of fused-ring (bicyclic) bond motifs is 1.